The molecular weight excluding hydrogens is 264 g/mol. The van der Waals surface area contributed by atoms with Crippen LogP contribution in [-0.4, -0.2) is 0 Å². The van der Waals surface area contributed by atoms with Crippen molar-refractivity contribution in [2.24, 2.45) is 0 Å². The number of nitriles is 1. The lowest BCUT2D eigenvalue weighted by Crippen LogP contribution is -1.91. The van der Waals surface area contributed by atoms with Crippen molar-refractivity contribution in [3.05, 3.63) is 39.2 Å². The smallest absolute Gasteiger partial charge is 0.128 e. The summed E-state index contributed by atoms with van der Waals surface area (Å²) in [5, 5.41) is 9.76. The van der Waals surface area contributed by atoms with Gasteiger partial charge in [0.05, 0.1) is 5.69 Å². The fourth-order valence-electron chi connectivity index (χ4n) is 1.93. The summed E-state index contributed by atoms with van der Waals surface area (Å²) in [4.78, 5) is 1.58. The zero-order valence-corrected chi connectivity index (χ0v) is 11.8. The van der Waals surface area contributed by atoms with E-state index in [1.807, 2.05) is 32.0 Å². The zero-order chi connectivity index (χ0) is 13.3. The number of halogens is 1. The minimum atomic E-state index is 0.568. The number of hydrogen-bond acceptors (Lipinski definition) is 3. The van der Waals surface area contributed by atoms with Crippen LogP contribution in [0.3, 0.4) is 0 Å². The van der Waals surface area contributed by atoms with E-state index < -0.39 is 0 Å². The number of nitrogen functional groups attached to an aromatic ring is 1. The molecule has 0 radical (unpaired) electrons. The van der Waals surface area contributed by atoms with Crippen LogP contribution in [0.5, 0.6) is 0 Å². The molecule has 2 N–H and O–H groups in total. The third kappa shape index (κ3) is 2.10. The highest BCUT2D eigenvalue weighted by Gasteiger charge is 2.17. The molecule has 1 aromatic carbocycles. The van der Waals surface area contributed by atoms with Gasteiger partial charge in [-0.3, -0.25) is 0 Å². The highest BCUT2D eigenvalue weighted by Crippen LogP contribution is 2.41. The second-order valence-corrected chi connectivity index (χ2v) is 5.53. The van der Waals surface area contributed by atoms with Crippen molar-refractivity contribution in [2.45, 2.75) is 20.3 Å². The maximum atomic E-state index is 9.06. The summed E-state index contributed by atoms with van der Waals surface area (Å²) in [5.74, 6) is 0. The Balaban J connectivity index is 2.68. The van der Waals surface area contributed by atoms with E-state index in [1.165, 1.54) is 11.3 Å². The SMILES string of the molecule is CCc1c(-c2ccc(C)cc2Cl)sc(C#N)c1N. The van der Waals surface area contributed by atoms with Gasteiger partial charge in [0.1, 0.15) is 10.9 Å². The molecule has 0 saturated carbocycles. The number of rotatable bonds is 2. The molecular formula is C14H13ClN2S. The van der Waals surface area contributed by atoms with E-state index in [9.17, 15) is 0 Å². The third-order valence-electron chi connectivity index (χ3n) is 2.87. The van der Waals surface area contributed by atoms with Crippen LogP contribution in [0, 0.1) is 18.3 Å². The van der Waals surface area contributed by atoms with E-state index in [4.69, 9.17) is 22.6 Å². The summed E-state index contributed by atoms with van der Waals surface area (Å²) in [6, 6.07) is 8.08. The van der Waals surface area contributed by atoms with Gasteiger partial charge in [0.25, 0.3) is 0 Å². The minimum Gasteiger partial charge on any atom is -0.397 e. The first-order chi connectivity index (χ1) is 8.58. The van der Waals surface area contributed by atoms with Crippen LogP contribution in [0.4, 0.5) is 5.69 Å². The summed E-state index contributed by atoms with van der Waals surface area (Å²) in [7, 11) is 0. The molecule has 4 heteroatoms. The van der Waals surface area contributed by atoms with Crippen molar-refractivity contribution in [1.29, 1.82) is 5.26 Å². The molecule has 18 heavy (non-hydrogen) atoms. The number of nitrogens with zero attached hydrogens (tertiary/aromatic N) is 1. The van der Waals surface area contributed by atoms with Crippen molar-refractivity contribution >= 4 is 28.6 Å². The lowest BCUT2D eigenvalue weighted by atomic mass is 10.0. The molecule has 0 bridgehead atoms. The summed E-state index contributed by atoms with van der Waals surface area (Å²) in [6.45, 7) is 4.03. The van der Waals surface area contributed by atoms with Crippen LogP contribution in [0.1, 0.15) is 22.9 Å². The first-order valence-corrected chi connectivity index (χ1v) is 6.85. The van der Waals surface area contributed by atoms with E-state index in [0.29, 0.717) is 15.6 Å². The van der Waals surface area contributed by atoms with E-state index >= 15 is 0 Å². The summed E-state index contributed by atoms with van der Waals surface area (Å²) in [6.07, 6.45) is 0.795. The number of benzene rings is 1. The Morgan fingerprint density at radius 3 is 2.72 bits per heavy atom. The van der Waals surface area contributed by atoms with Crippen molar-refractivity contribution in [1.82, 2.24) is 0 Å². The van der Waals surface area contributed by atoms with Gasteiger partial charge in [-0.25, -0.2) is 0 Å². The molecule has 0 aliphatic rings. The monoisotopic (exact) mass is 276 g/mol. The van der Waals surface area contributed by atoms with Crippen LogP contribution >= 0.6 is 22.9 Å². The average Bonchev–Trinajstić information content (AvgIpc) is 2.65. The largest absolute Gasteiger partial charge is 0.397 e. The first kappa shape index (κ1) is 12.9. The van der Waals surface area contributed by atoms with Crippen LogP contribution in [0.25, 0.3) is 10.4 Å². The first-order valence-electron chi connectivity index (χ1n) is 5.66. The molecule has 0 amide bonds. The Morgan fingerprint density at radius 1 is 1.44 bits per heavy atom. The maximum absolute atomic E-state index is 9.06. The lowest BCUT2D eigenvalue weighted by molar-refractivity contribution is 1.16. The number of thiophene rings is 1. The number of anilines is 1. The quantitative estimate of drug-likeness (QED) is 0.884. The second-order valence-electron chi connectivity index (χ2n) is 4.10. The van der Waals surface area contributed by atoms with Gasteiger partial charge in [0.15, 0.2) is 0 Å². The van der Waals surface area contributed by atoms with Crippen LogP contribution in [-0.2, 0) is 6.42 Å². The predicted molar refractivity (Wildman–Crippen MR) is 78.0 cm³/mol. The van der Waals surface area contributed by atoms with E-state index in [-0.39, 0.29) is 0 Å². The standard InChI is InChI=1S/C14H13ClN2S/c1-3-9-13(17)12(7-16)18-14(9)10-5-4-8(2)6-11(10)15/h4-6H,3,17H2,1-2H3. The molecule has 1 aromatic heterocycles. The van der Waals surface area contributed by atoms with Gasteiger partial charge in [0.2, 0.25) is 0 Å². The Hall–Kier alpha value is -1.50. The van der Waals surface area contributed by atoms with Crippen LogP contribution in [0.15, 0.2) is 18.2 Å². The molecule has 0 saturated heterocycles. The topological polar surface area (TPSA) is 49.8 Å². The molecule has 0 aliphatic heterocycles. The van der Waals surface area contributed by atoms with E-state index in [2.05, 4.69) is 6.07 Å². The fourth-order valence-corrected chi connectivity index (χ4v) is 3.47. The molecule has 2 aromatic rings. The molecule has 0 fully saturated rings. The fraction of sp³-hybridized carbons (Fsp3) is 0.214. The molecule has 0 atom stereocenters. The second kappa shape index (κ2) is 5.01. The summed E-state index contributed by atoms with van der Waals surface area (Å²) in [5.41, 5.74) is 9.67. The van der Waals surface area contributed by atoms with E-state index in [0.717, 1.165) is 28.0 Å². The normalized spacial score (nSPS) is 10.3. The van der Waals surface area contributed by atoms with Gasteiger partial charge in [-0.2, -0.15) is 5.26 Å². The Morgan fingerprint density at radius 2 is 2.17 bits per heavy atom. The molecule has 0 aliphatic carbocycles. The van der Waals surface area contributed by atoms with Crippen molar-refractivity contribution < 1.29 is 0 Å². The number of nitrogens with two attached hydrogens (primary N) is 1. The zero-order valence-electron chi connectivity index (χ0n) is 10.2. The number of hydrogen-bond donors (Lipinski definition) is 1. The third-order valence-corrected chi connectivity index (χ3v) is 4.37. The Bertz CT molecular complexity index is 638. The molecule has 2 nitrogen and oxygen atoms in total. The van der Waals surface area contributed by atoms with Gasteiger partial charge in [-0.15, -0.1) is 11.3 Å². The van der Waals surface area contributed by atoms with E-state index in [1.54, 1.807) is 0 Å². The lowest BCUT2D eigenvalue weighted by Gasteiger charge is -2.06. The van der Waals surface area contributed by atoms with Gasteiger partial charge < -0.3 is 5.73 Å². The molecule has 0 spiro atoms. The number of aryl methyl sites for hydroxylation is 1. The van der Waals surface area contributed by atoms with Gasteiger partial charge in [-0.05, 0) is 30.5 Å². The molecule has 2 rings (SSSR count). The Labute approximate surface area is 116 Å². The Kier molecular flexibility index (Phi) is 3.60. The summed E-state index contributed by atoms with van der Waals surface area (Å²) >= 11 is 7.69. The highest BCUT2D eigenvalue weighted by molar-refractivity contribution is 7.17. The maximum Gasteiger partial charge on any atom is 0.128 e. The van der Waals surface area contributed by atoms with Gasteiger partial charge in [0, 0.05) is 15.5 Å². The van der Waals surface area contributed by atoms with Crippen molar-refractivity contribution in [3.63, 3.8) is 0 Å². The molecule has 1 heterocycles. The average molecular weight is 277 g/mol. The van der Waals surface area contributed by atoms with Crippen molar-refractivity contribution in [3.8, 4) is 16.5 Å². The minimum absolute atomic E-state index is 0.568. The van der Waals surface area contributed by atoms with Gasteiger partial charge >= 0.3 is 0 Å². The predicted octanol–water partition coefficient (Wildman–Crippen LogP) is 4.39. The molecule has 92 valence electrons. The van der Waals surface area contributed by atoms with Crippen molar-refractivity contribution in [2.75, 3.05) is 5.73 Å². The highest BCUT2D eigenvalue weighted by atomic mass is 35.5. The van der Waals surface area contributed by atoms with Crippen LogP contribution < -0.4 is 5.73 Å². The van der Waals surface area contributed by atoms with Gasteiger partial charge in [-0.1, -0.05) is 30.7 Å². The summed E-state index contributed by atoms with van der Waals surface area (Å²) < 4.78 is 0. The van der Waals surface area contributed by atoms with Crippen LogP contribution in [0.2, 0.25) is 5.02 Å². The molecule has 0 unspecified atom stereocenters.